The van der Waals surface area contributed by atoms with Crippen LogP contribution in [-0.4, -0.2) is 97.6 Å². The number of pyridine rings is 1. The number of urea groups is 1. The maximum absolute atomic E-state index is 13.7. The number of methoxy groups -OCH3 is 2. The Bertz CT molecular complexity index is 1390. The van der Waals surface area contributed by atoms with Crippen molar-refractivity contribution in [3.05, 3.63) is 48.3 Å². The van der Waals surface area contributed by atoms with E-state index in [1.165, 1.54) is 0 Å². The smallest absolute Gasteiger partial charge is 0.324 e. The molecule has 43 heavy (non-hydrogen) atoms. The molecule has 2 aromatic heterocycles. The average Bonchev–Trinajstić information content (AvgIpc) is 3.44. The van der Waals surface area contributed by atoms with Crippen LogP contribution in [0.2, 0.25) is 0 Å². The summed E-state index contributed by atoms with van der Waals surface area (Å²) in [5.74, 6) is 1.33. The van der Waals surface area contributed by atoms with Gasteiger partial charge >= 0.3 is 6.03 Å². The number of nitrogens with zero attached hydrogens (tertiary/aromatic N) is 5. The van der Waals surface area contributed by atoms with Crippen LogP contribution in [0.5, 0.6) is 11.5 Å². The van der Waals surface area contributed by atoms with Crippen LogP contribution < -0.4 is 14.4 Å². The molecule has 5 rings (SSSR count). The second-order valence-corrected chi connectivity index (χ2v) is 11.0. The van der Waals surface area contributed by atoms with Crippen molar-refractivity contribution in [1.82, 2.24) is 19.4 Å². The number of aromatic nitrogens is 2. The molecule has 1 atom stereocenters. The van der Waals surface area contributed by atoms with Gasteiger partial charge in [-0.25, -0.2) is 9.78 Å². The zero-order valence-corrected chi connectivity index (χ0v) is 25.5. The van der Waals surface area contributed by atoms with Crippen molar-refractivity contribution in [3.8, 4) is 11.5 Å². The fourth-order valence-corrected chi connectivity index (χ4v) is 5.74. The molecule has 2 saturated heterocycles. The van der Waals surface area contributed by atoms with Crippen LogP contribution in [0, 0.1) is 0 Å². The second-order valence-electron chi connectivity index (χ2n) is 11.0. The molecule has 3 aromatic rings. The van der Waals surface area contributed by atoms with Gasteiger partial charge in [-0.2, -0.15) is 0 Å². The summed E-state index contributed by atoms with van der Waals surface area (Å²) in [6.07, 6.45) is 7.58. The largest absolute Gasteiger partial charge is 0.493 e. The molecule has 4 heterocycles. The number of carbonyl (C=O) groups is 2. The number of amides is 3. The minimum absolute atomic E-state index is 0.0177. The first-order chi connectivity index (χ1) is 21.0. The molecule has 11 nitrogen and oxygen atoms in total. The highest BCUT2D eigenvalue weighted by molar-refractivity contribution is 5.93. The lowest BCUT2D eigenvalue weighted by atomic mass is 10.1. The highest BCUT2D eigenvalue weighted by atomic mass is 16.5. The molecule has 232 valence electrons. The van der Waals surface area contributed by atoms with Crippen molar-refractivity contribution >= 4 is 28.7 Å². The lowest BCUT2D eigenvalue weighted by molar-refractivity contribution is -0.141. The van der Waals surface area contributed by atoms with Crippen LogP contribution in [0.15, 0.2) is 42.7 Å². The van der Waals surface area contributed by atoms with E-state index in [1.807, 2.05) is 55.8 Å². The first kappa shape index (κ1) is 30.6. The molecular weight excluding hydrogens is 550 g/mol. The van der Waals surface area contributed by atoms with Crippen LogP contribution in [0.3, 0.4) is 0 Å². The molecule has 2 aliphatic rings. The summed E-state index contributed by atoms with van der Waals surface area (Å²) in [7, 11) is 3.26. The van der Waals surface area contributed by atoms with E-state index >= 15 is 0 Å². The van der Waals surface area contributed by atoms with Crippen LogP contribution >= 0.6 is 0 Å². The van der Waals surface area contributed by atoms with Crippen molar-refractivity contribution in [2.24, 2.45) is 0 Å². The number of fused-ring (bicyclic) bond motifs is 1. The van der Waals surface area contributed by atoms with Crippen molar-refractivity contribution in [3.63, 3.8) is 0 Å². The van der Waals surface area contributed by atoms with Gasteiger partial charge in [0.2, 0.25) is 5.91 Å². The number of carbonyl (C=O) groups excluding carboxylic acids is 2. The molecule has 0 aliphatic carbocycles. The van der Waals surface area contributed by atoms with Gasteiger partial charge in [0.15, 0.2) is 11.5 Å². The van der Waals surface area contributed by atoms with Crippen molar-refractivity contribution in [2.45, 2.75) is 51.8 Å². The van der Waals surface area contributed by atoms with Gasteiger partial charge in [-0.3, -0.25) is 9.69 Å². The molecule has 3 amide bonds. The van der Waals surface area contributed by atoms with Crippen LogP contribution in [-0.2, 0) is 27.4 Å². The normalized spacial score (nSPS) is 17.5. The van der Waals surface area contributed by atoms with Crippen LogP contribution in [0.4, 0.5) is 10.5 Å². The van der Waals surface area contributed by atoms with E-state index in [4.69, 9.17) is 18.9 Å². The maximum Gasteiger partial charge on any atom is 0.324 e. The summed E-state index contributed by atoms with van der Waals surface area (Å²) in [4.78, 5) is 36.9. The number of morpholine rings is 1. The Labute approximate surface area is 253 Å². The highest BCUT2D eigenvalue weighted by Crippen LogP contribution is 2.34. The maximum atomic E-state index is 13.7. The number of benzene rings is 1. The third kappa shape index (κ3) is 7.22. The van der Waals surface area contributed by atoms with Gasteiger partial charge in [0.1, 0.15) is 12.2 Å². The SMILES string of the molecule is CCCCCOc1cc(N2CCCN(Cc3ccnc4c3ccn4CC(=O)N3CCOC(COC)C3)C2=O)ccc1OC. The molecule has 0 radical (unpaired) electrons. The van der Waals surface area contributed by atoms with Crippen molar-refractivity contribution < 1.29 is 28.5 Å². The quantitative estimate of drug-likeness (QED) is 0.272. The van der Waals surface area contributed by atoms with Gasteiger partial charge in [0.05, 0.1) is 33.0 Å². The Morgan fingerprint density at radius 1 is 1.09 bits per heavy atom. The molecule has 1 unspecified atom stereocenters. The number of anilines is 1. The Morgan fingerprint density at radius 3 is 2.79 bits per heavy atom. The summed E-state index contributed by atoms with van der Waals surface area (Å²) in [5, 5.41) is 0.937. The predicted molar refractivity (Wildman–Crippen MR) is 164 cm³/mol. The monoisotopic (exact) mass is 593 g/mol. The van der Waals surface area contributed by atoms with Gasteiger partial charge in [0, 0.05) is 69.4 Å². The van der Waals surface area contributed by atoms with Gasteiger partial charge in [-0.15, -0.1) is 0 Å². The zero-order valence-electron chi connectivity index (χ0n) is 25.5. The average molecular weight is 594 g/mol. The predicted octanol–water partition coefficient (Wildman–Crippen LogP) is 4.32. The van der Waals surface area contributed by atoms with Gasteiger partial charge in [-0.05, 0) is 42.7 Å². The third-order valence-corrected chi connectivity index (χ3v) is 8.04. The van der Waals surface area contributed by atoms with E-state index in [0.29, 0.717) is 64.0 Å². The molecule has 0 N–H and O–H groups in total. The minimum Gasteiger partial charge on any atom is -0.493 e. The molecule has 1 aromatic carbocycles. The van der Waals surface area contributed by atoms with E-state index < -0.39 is 0 Å². The lowest BCUT2D eigenvalue weighted by Gasteiger charge is -2.36. The molecule has 0 bridgehead atoms. The molecule has 2 aliphatic heterocycles. The highest BCUT2D eigenvalue weighted by Gasteiger charge is 2.29. The molecule has 0 spiro atoms. The van der Waals surface area contributed by atoms with Crippen LogP contribution in [0.25, 0.3) is 11.0 Å². The minimum atomic E-state index is -0.113. The van der Waals surface area contributed by atoms with Crippen LogP contribution in [0.1, 0.15) is 38.2 Å². The third-order valence-electron chi connectivity index (χ3n) is 8.04. The summed E-state index contributed by atoms with van der Waals surface area (Å²) >= 11 is 0. The number of rotatable bonds is 13. The van der Waals surface area contributed by atoms with E-state index in [9.17, 15) is 9.59 Å². The zero-order chi connectivity index (χ0) is 30.2. The van der Waals surface area contributed by atoms with E-state index in [-0.39, 0.29) is 24.6 Å². The fourth-order valence-electron chi connectivity index (χ4n) is 5.74. The molecule has 2 fully saturated rings. The lowest BCUT2D eigenvalue weighted by Crippen LogP contribution is -2.49. The second kappa shape index (κ2) is 14.6. The number of hydrogen-bond donors (Lipinski definition) is 0. The number of ether oxygens (including phenoxy) is 4. The molecular formula is C32H43N5O6. The van der Waals surface area contributed by atoms with Crippen molar-refractivity contribution in [1.29, 1.82) is 0 Å². The fraction of sp³-hybridized carbons (Fsp3) is 0.531. The standard InChI is InChI=1S/C32H43N5O6/c1-4-5-6-17-43-29-19-25(8-9-28(29)41-3)37-14-7-13-36(32(37)39)20-24-10-12-33-31-27(24)11-15-35(31)22-30(38)34-16-18-42-26(21-34)23-40-2/h8-12,15,19,26H,4-7,13-14,16-18,20-23H2,1-3H3. The topological polar surface area (TPSA) is 98.6 Å². The summed E-state index contributed by atoms with van der Waals surface area (Å²) in [6, 6.07) is 9.56. The van der Waals surface area contributed by atoms with E-state index in [1.54, 1.807) is 20.4 Å². The Kier molecular flexibility index (Phi) is 10.4. The summed E-state index contributed by atoms with van der Waals surface area (Å²) < 4.78 is 24.3. The van der Waals surface area contributed by atoms with Gasteiger partial charge in [0.25, 0.3) is 0 Å². The summed E-state index contributed by atoms with van der Waals surface area (Å²) in [5.41, 5.74) is 2.52. The van der Waals surface area contributed by atoms with E-state index in [0.717, 1.165) is 48.0 Å². The van der Waals surface area contributed by atoms with E-state index in [2.05, 4.69) is 11.9 Å². The molecule has 11 heteroatoms. The Balaban J connectivity index is 1.27. The molecule has 0 saturated carbocycles. The Morgan fingerprint density at radius 2 is 1.98 bits per heavy atom. The first-order valence-electron chi connectivity index (χ1n) is 15.2. The van der Waals surface area contributed by atoms with Gasteiger partial charge < -0.3 is 33.3 Å². The first-order valence-corrected chi connectivity index (χ1v) is 15.2. The number of unbranched alkanes of at least 4 members (excludes halogenated alkanes) is 2. The summed E-state index contributed by atoms with van der Waals surface area (Å²) in [6.45, 7) is 6.74. The van der Waals surface area contributed by atoms with Crippen molar-refractivity contribution in [2.75, 3.05) is 65.1 Å². The Hall–Kier alpha value is -3.83. The number of hydrogen-bond acceptors (Lipinski definition) is 7. The van der Waals surface area contributed by atoms with Gasteiger partial charge in [-0.1, -0.05) is 19.8 Å².